The molecule has 0 saturated carbocycles. The molecule has 1 aliphatic heterocycles. The van der Waals surface area contributed by atoms with E-state index >= 15 is 0 Å². The number of azide groups is 2. The summed E-state index contributed by atoms with van der Waals surface area (Å²) in [5.74, 6) is -0.773. The largest absolute Gasteiger partial charge is 0.351 e. The van der Waals surface area contributed by atoms with Gasteiger partial charge in [-0.25, -0.2) is 0 Å². The molecule has 2 amide bonds. The molecular weight excluding hydrogens is 380 g/mol. The summed E-state index contributed by atoms with van der Waals surface area (Å²) in [6.45, 7) is 2.65. The van der Waals surface area contributed by atoms with Crippen LogP contribution in [-0.4, -0.2) is 48.9 Å². The third kappa shape index (κ3) is 6.37. The maximum Gasteiger partial charge on any atom is 0.217 e. The number of nitrogens with zero attached hydrogens (tertiary/aromatic N) is 6. The molecule has 29 heavy (non-hydrogen) atoms. The van der Waals surface area contributed by atoms with Crippen molar-refractivity contribution in [3.8, 4) is 0 Å². The predicted octanol–water partition coefficient (Wildman–Crippen LogP) is 1.93. The van der Waals surface area contributed by atoms with Gasteiger partial charge in [-0.3, -0.25) is 9.59 Å². The zero-order chi connectivity index (χ0) is 21.2. The van der Waals surface area contributed by atoms with Crippen LogP contribution in [0.2, 0.25) is 0 Å². The lowest BCUT2D eigenvalue weighted by molar-refractivity contribution is -0.222. The summed E-state index contributed by atoms with van der Waals surface area (Å²) in [7, 11) is 0. The molecule has 1 heterocycles. The molecule has 0 aromatic heterocycles. The van der Waals surface area contributed by atoms with Crippen molar-refractivity contribution in [1.82, 2.24) is 10.6 Å². The van der Waals surface area contributed by atoms with Crippen LogP contribution < -0.4 is 10.6 Å². The minimum absolute atomic E-state index is 0.145. The smallest absolute Gasteiger partial charge is 0.217 e. The summed E-state index contributed by atoms with van der Waals surface area (Å²) in [6, 6.07) is 6.71. The van der Waals surface area contributed by atoms with Gasteiger partial charge in [0.2, 0.25) is 11.8 Å². The van der Waals surface area contributed by atoms with E-state index in [9.17, 15) is 9.59 Å². The number of carbonyl (C=O) groups is 2. The van der Waals surface area contributed by atoms with Crippen LogP contribution >= 0.6 is 0 Å². The van der Waals surface area contributed by atoms with Gasteiger partial charge in [0.1, 0.15) is 6.04 Å². The Labute approximate surface area is 166 Å². The van der Waals surface area contributed by atoms with Crippen molar-refractivity contribution in [2.75, 3.05) is 6.54 Å². The normalized spacial score (nSPS) is 25.8. The highest BCUT2D eigenvalue weighted by atomic mass is 16.7. The van der Waals surface area contributed by atoms with E-state index in [1.807, 2.05) is 30.3 Å². The van der Waals surface area contributed by atoms with E-state index in [1.54, 1.807) is 0 Å². The molecule has 1 saturated heterocycles. The molecule has 2 rings (SSSR count). The fraction of sp³-hybridized carbons (Fsp3) is 0.529. The van der Waals surface area contributed by atoms with Crippen molar-refractivity contribution >= 4 is 11.8 Å². The first-order valence-electron chi connectivity index (χ1n) is 8.86. The Morgan fingerprint density at radius 3 is 2.34 bits per heavy atom. The fourth-order valence-corrected chi connectivity index (χ4v) is 3.12. The topological polar surface area (TPSA) is 174 Å². The van der Waals surface area contributed by atoms with Crippen molar-refractivity contribution in [3.05, 3.63) is 56.8 Å². The molecule has 0 aliphatic carbocycles. The van der Waals surface area contributed by atoms with Crippen molar-refractivity contribution in [1.29, 1.82) is 0 Å². The lowest BCUT2D eigenvalue weighted by atomic mass is 9.91. The molecule has 1 aromatic rings. The van der Waals surface area contributed by atoms with Gasteiger partial charge in [-0.15, -0.1) is 0 Å². The average molecular weight is 402 g/mol. The van der Waals surface area contributed by atoms with Crippen molar-refractivity contribution in [2.45, 2.75) is 51.0 Å². The molecule has 0 bridgehead atoms. The lowest BCUT2D eigenvalue weighted by Gasteiger charge is -2.45. The highest BCUT2D eigenvalue weighted by Gasteiger charge is 2.46. The fourth-order valence-electron chi connectivity index (χ4n) is 3.12. The summed E-state index contributed by atoms with van der Waals surface area (Å²) in [5.41, 5.74) is 18.5. The molecule has 0 unspecified atom stereocenters. The van der Waals surface area contributed by atoms with Gasteiger partial charge in [-0.05, 0) is 16.6 Å². The molecule has 0 spiro atoms. The molecule has 12 nitrogen and oxygen atoms in total. The Kier molecular flexibility index (Phi) is 8.26. The zero-order valence-corrected chi connectivity index (χ0v) is 16.0. The number of amides is 2. The van der Waals surface area contributed by atoms with E-state index in [1.165, 1.54) is 13.8 Å². The Morgan fingerprint density at radius 1 is 1.10 bits per heavy atom. The third-order valence-corrected chi connectivity index (χ3v) is 4.24. The molecule has 154 valence electrons. The zero-order valence-electron chi connectivity index (χ0n) is 16.0. The summed E-state index contributed by atoms with van der Waals surface area (Å²) in [4.78, 5) is 29.1. The van der Waals surface area contributed by atoms with E-state index < -0.39 is 36.4 Å². The molecule has 1 aromatic carbocycles. The average Bonchev–Trinajstić information content (AvgIpc) is 2.69. The Morgan fingerprint density at radius 2 is 1.76 bits per heavy atom. The third-order valence-electron chi connectivity index (χ3n) is 4.24. The van der Waals surface area contributed by atoms with Gasteiger partial charge in [-0.1, -0.05) is 40.6 Å². The van der Waals surface area contributed by atoms with E-state index in [0.29, 0.717) is 0 Å². The second kappa shape index (κ2) is 10.9. The maximum atomic E-state index is 11.8. The van der Waals surface area contributed by atoms with Gasteiger partial charge in [0, 0.05) is 23.7 Å². The van der Waals surface area contributed by atoms with E-state index in [0.717, 1.165) is 5.56 Å². The second-order valence-electron chi connectivity index (χ2n) is 6.40. The van der Waals surface area contributed by atoms with Gasteiger partial charge >= 0.3 is 0 Å². The molecule has 1 fully saturated rings. The SMILES string of the molecule is CC(=O)N[C@@H]1[C@@H](N=[N+]=[N-])[C@@H](CN=[N+]=[N-])O[C@@H](OCc2ccccc2)[C@@H]1NC(C)=O. The van der Waals surface area contributed by atoms with Crippen LogP contribution in [0.3, 0.4) is 0 Å². The lowest BCUT2D eigenvalue weighted by Crippen LogP contribution is -2.68. The first-order valence-corrected chi connectivity index (χ1v) is 8.86. The highest BCUT2D eigenvalue weighted by Crippen LogP contribution is 2.26. The second-order valence-corrected chi connectivity index (χ2v) is 6.40. The number of hydrogen-bond acceptors (Lipinski definition) is 6. The Bertz CT molecular complexity index is 807. The van der Waals surface area contributed by atoms with Crippen molar-refractivity contribution in [2.24, 2.45) is 10.2 Å². The van der Waals surface area contributed by atoms with Crippen LogP contribution in [0.4, 0.5) is 0 Å². The molecule has 12 heteroatoms. The van der Waals surface area contributed by atoms with Crippen LogP contribution in [0.15, 0.2) is 40.6 Å². The van der Waals surface area contributed by atoms with Gasteiger partial charge in [0.05, 0.1) is 31.3 Å². The molecule has 1 aliphatic rings. The van der Waals surface area contributed by atoms with Crippen molar-refractivity contribution in [3.63, 3.8) is 0 Å². The number of benzene rings is 1. The number of hydrogen-bond donors (Lipinski definition) is 2. The summed E-state index contributed by atoms with van der Waals surface area (Å²) in [6.07, 6.45) is -1.84. The number of ether oxygens (including phenoxy) is 2. The predicted molar refractivity (Wildman–Crippen MR) is 102 cm³/mol. The monoisotopic (exact) mass is 402 g/mol. The number of rotatable bonds is 8. The first kappa shape index (κ1) is 22.0. The summed E-state index contributed by atoms with van der Waals surface area (Å²) >= 11 is 0. The van der Waals surface area contributed by atoms with Crippen LogP contribution in [0, 0.1) is 0 Å². The van der Waals surface area contributed by atoms with Crippen LogP contribution in [0.1, 0.15) is 19.4 Å². The summed E-state index contributed by atoms with van der Waals surface area (Å²) < 4.78 is 11.8. The number of nitrogens with one attached hydrogen (secondary N) is 2. The molecule has 2 N–H and O–H groups in total. The Balaban J connectivity index is 2.35. The standard InChI is InChI=1S/C17H22N8O4/c1-10(26)21-15-14(23-25-19)13(8-20-24-18)29-17(16(15)22-11(2)27)28-9-12-6-4-3-5-7-12/h3-7,13-17H,8-9H2,1-2H3,(H,21,26)(H,22,27)/t13-,14+,15-,16-,17-/m1/s1. The Hall–Kier alpha value is -3.30. The van der Waals surface area contributed by atoms with Gasteiger partial charge in [0.25, 0.3) is 0 Å². The van der Waals surface area contributed by atoms with Crippen molar-refractivity contribution < 1.29 is 19.1 Å². The van der Waals surface area contributed by atoms with Crippen LogP contribution in [0.5, 0.6) is 0 Å². The van der Waals surface area contributed by atoms with E-state index in [2.05, 4.69) is 30.7 Å². The molecule has 0 radical (unpaired) electrons. The number of carbonyl (C=O) groups excluding carboxylic acids is 2. The molecule has 5 atom stereocenters. The van der Waals surface area contributed by atoms with Gasteiger partial charge in [-0.2, -0.15) is 0 Å². The molecular formula is C17H22N8O4. The van der Waals surface area contributed by atoms with Crippen LogP contribution in [-0.2, 0) is 25.7 Å². The highest BCUT2D eigenvalue weighted by molar-refractivity contribution is 5.75. The van der Waals surface area contributed by atoms with Gasteiger partial charge in [0.15, 0.2) is 6.29 Å². The van der Waals surface area contributed by atoms with E-state index in [4.69, 9.17) is 20.5 Å². The maximum absolute atomic E-state index is 11.8. The first-order chi connectivity index (χ1) is 14.0. The minimum Gasteiger partial charge on any atom is -0.351 e. The van der Waals surface area contributed by atoms with Gasteiger partial charge < -0.3 is 20.1 Å². The summed E-state index contributed by atoms with van der Waals surface area (Å²) in [5, 5.41) is 12.6. The van der Waals surface area contributed by atoms with E-state index in [-0.39, 0.29) is 19.1 Å². The quantitative estimate of drug-likeness (QED) is 0.384. The van der Waals surface area contributed by atoms with Crippen LogP contribution in [0.25, 0.3) is 20.9 Å². The minimum atomic E-state index is -0.986.